The van der Waals surface area contributed by atoms with E-state index in [0.717, 1.165) is 59.7 Å². The highest BCUT2D eigenvalue weighted by Crippen LogP contribution is 2.22. The van der Waals surface area contributed by atoms with Crippen molar-refractivity contribution in [3.8, 4) is 11.5 Å². The summed E-state index contributed by atoms with van der Waals surface area (Å²) in [5.74, 6) is 2.72. The van der Waals surface area contributed by atoms with Gasteiger partial charge < -0.3 is 14.0 Å². The number of imidazole rings is 1. The number of benzene rings is 3. The monoisotopic (exact) mass is 426 g/mol. The summed E-state index contributed by atoms with van der Waals surface area (Å²) in [5, 5.41) is 0. The molecule has 0 aliphatic rings. The molecule has 4 nitrogen and oxygen atoms in total. The third kappa shape index (κ3) is 5.20. The maximum Gasteiger partial charge on any atom is 0.148 e. The molecule has 0 aliphatic carbocycles. The second-order valence-corrected chi connectivity index (χ2v) is 7.76. The fourth-order valence-electron chi connectivity index (χ4n) is 3.83. The lowest BCUT2D eigenvalue weighted by Crippen LogP contribution is -2.10. The number of para-hydroxylation sites is 3. The number of nitrogens with zero attached hydrogens (tertiary/aromatic N) is 2. The number of fused-ring (bicyclic) bond motifs is 1. The minimum Gasteiger partial charge on any atom is -0.494 e. The van der Waals surface area contributed by atoms with Crippen molar-refractivity contribution in [2.45, 2.75) is 39.3 Å². The molecule has 4 heteroatoms. The van der Waals surface area contributed by atoms with Crippen LogP contribution in [0.3, 0.4) is 0 Å². The number of aryl methyl sites for hydroxylation is 2. The zero-order chi connectivity index (χ0) is 22.2. The lowest BCUT2D eigenvalue weighted by atomic mass is 10.1. The molecule has 1 aromatic heterocycles. The number of aromatic nitrogens is 2. The van der Waals surface area contributed by atoms with E-state index < -0.39 is 0 Å². The van der Waals surface area contributed by atoms with Crippen LogP contribution in [0.5, 0.6) is 11.5 Å². The van der Waals surface area contributed by atoms with Crippen molar-refractivity contribution < 1.29 is 9.47 Å². The van der Waals surface area contributed by atoms with Crippen molar-refractivity contribution in [3.63, 3.8) is 0 Å². The van der Waals surface area contributed by atoms with Crippen molar-refractivity contribution in [2.24, 2.45) is 0 Å². The van der Waals surface area contributed by atoms with E-state index in [1.807, 2.05) is 48.5 Å². The Morgan fingerprint density at radius 1 is 0.938 bits per heavy atom. The van der Waals surface area contributed by atoms with Gasteiger partial charge in [-0.05, 0) is 60.7 Å². The number of rotatable bonds is 11. The van der Waals surface area contributed by atoms with Crippen LogP contribution in [0.2, 0.25) is 0 Å². The van der Waals surface area contributed by atoms with Crippen molar-refractivity contribution in [2.75, 3.05) is 6.61 Å². The molecule has 0 radical (unpaired) electrons. The van der Waals surface area contributed by atoms with Gasteiger partial charge in [0.25, 0.3) is 0 Å². The van der Waals surface area contributed by atoms with Gasteiger partial charge in [-0.25, -0.2) is 4.98 Å². The van der Waals surface area contributed by atoms with Gasteiger partial charge >= 0.3 is 0 Å². The zero-order valence-corrected chi connectivity index (χ0v) is 18.7. The van der Waals surface area contributed by atoms with Crippen LogP contribution in [-0.2, 0) is 26.0 Å². The molecule has 0 saturated heterocycles. The van der Waals surface area contributed by atoms with Gasteiger partial charge in [0, 0.05) is 6.54 Å². The summed E-state index contributed by atoms with van der Waals surface area (Å²) in [6.07, 6.45) is 4.60. The predicted molar refractivity (Wildman–Crippen MR) is 130 cm³/mol. The lowest BCUT2D eigenvalue weighted by molar-refractivity contribution is 0.279. The summed E-state index contributed by atoms with van der Waals surface area (Å²) < 4.78 is 14.4. The molecule has 0 saturated carbocycles. The minimum atomic E-state index is 0.419. The molecule has 32 heavy (non-hydrogen) atoms. The minimum absolute atomic E-state index is 0.419. The van der Waals surface area contributed by atoms with Gasteiger partial charge in [-0.15, -0.1) is 6.58 Å². The van der Waals surface area contributed by atoms with Crippen LogP contribution < -0.4 is 9.47 Å². The van der Waals surface area contributed by atoms with Crippen LogP contribution in [0.25, 0.3) is 11.0 Å². The summed E-state index contributed by atoms with van der Waals surface area (Å²) in [7, 11) is 0. The Hall–Kier alpha value is -3.53. The van der Waals surface area contributed by atoms with E-state index in [9.17, 15) is 0 Å². The summed E-state index contributed by atoms with van der Waals surface area (Å²) >= 11 is 0. The Morgan fingerprint density at radius 2 is 1.72 bits per heavy atom. The maximum atomic E-state index is 6.18. The molecule has 0 N–H and O–H groups in total. The molecule has 4 rings (SSSR count). The van der Waals surface area contributed by atoms with E-state index >= 15 is 0 Å². The van der Waals surface area contributed by atoms with Gasteiger partial charge in [-0.1, -0.05) is 55.5 Å². The molecule has 0 atom stereocenters. The van der Waals surface area contributed by atoms with Crippen molar-refractivity contribution in [3.05, 3.63) is 102 Å². The van der Waals surface area contributed by atoms with Crippen molar-refractivity contribution in [1.82, 2.24) is 9.55 Å². The predicted octanol–water partition coefficient (Wildman–Crippen LogP) is 6.38. The quantitative estimate of drug-likeness (QED) is 0.206. The average molecular weight is 427 g/mol. The van der Waals surface area contributed by atoms with E-state index in [2.05, 4.69) is 48.4 Å². The summed E-state index contributed by atoms with van der Waals surface area (Å²) in [4.78, 5) is 4.84. The Balaban J connectivity index is 1.43. The average Bonchev–Trinajstić information content (AvgIpc) is 3.19. The largest absolute Gasteiger partial charge is 0.494 e. The number of allylic oxidation sites excluding steroid dienone is 1. The van der Waals surface area contributed by atoms with E-state index in [0.29, 0.717) is 13.2 Å². The summed E-state index contributed by atoms with van der Waals surface area (Å²) in [5.41, 5.74) is 4.56. The smallest absolute Gasteiger partial charge is 0.148 e. The van der Waals surface area contributed by atoms with Crippen LogP contribution in [0, 0.1) is 0 Å². The highest BCUT2D eigenvalue weighted by molar-refractivity contribution is 5.75. The Kier molecular flexibility index (Phi) is 7.23. The summed E-state index contributed by atoms with van der Waals surface area (Å²) in [6.45, 7) is 7.90. The molecule has 1 heterocycles. The van der Waals surface area contributed by atoms with Crippen LogP contribution >= 0.6 is 0 Å². The first-order valence-corrected chi connectivity index (χ1v) is 11.3. The zero-order valence-electron chi connectivity index (χ0n) is 18.7. The third-order valence-corrected chi connectivity index (χ3v) is 5.55. The molecular formula is C28H30N2O2. The fraction of sp³-hybridized carbons (Fsp3) is 0.250. The Labute approximate surface area is 190 Å². The van der Waals surface area contributed by atoms with Crippen molar-refractivity contribution in [1.29, 1.82) is 0 Å². The highest BCUT2D eigenvalue weighted by Gasteiger charge is 2.12. The molecule has 0 aliphatic heterocycles. The number of hydrogen-bond acceptors (Lipinski definition) is 3. The topological polar surface area (TPSA) is 36.3 Å². The van der Waals surface area contributed by atoms with E-state index in [1.165, 1.54) is 5.56 Å². The van der Waals surface area contributed by atoms with Gasteiger partial charge in [0.05, 0.1) is 17.6 Å². The molecule has 0 unspecified atom stereocenters. The first-order valence-electron chi connectivity index (χ1n) is 11.3. The van der Waals surface area contributed by atoms with Crippen LogP contribution in [0.15, 0.2) is 85.5 Å². The lowest BCUT2D eigenvalue weighted by Gasteiger charge is -2.13. The second-order valence-electron chi connectivity index (χ2n) is 7.76. The van der Waals surface area contributed by atoms with E-state index in [-0.39, 0.29) is 0 Å². The first kappa shape index (κ1) is 21.7. The SMILES string of the molecule is C=CCc1ccccc1OCc1nc2ccccc2n1CCCOc1ccc(CC)cc1. The van der Waals surface area contributed by atoms with Crippen LogP contribution in [0.1, 0.15) is 30.3 Å². The number of hydrogen-bond donors (Lipinski definition) is 0. The number of ether oxygens (including phenoxy) is 2. The van der Waals surface area contributed by atoms with Gasteiger partial charge in [0.2, 0.25) is 0 Å². The normalized spacial score (nSPS) is 10.9. The highest BCUT2D eigenvalue weighted by atomic mass is 16.5. The molecule has 0 amide bonds. The van der Waals surface area contributed by atoms with Gasteiger partial charge in [-0.2, -0.15) is 0 Å². The van der Waals surface area contributed by atoms with Gasteiger partial charge in [-0.3, -0.25) is 0 Å². The Bertz CT molecular complexity index is 1160. The fourth-order valence-corrected chi connectivity index (χ4v) is 3.83. The molecule has 0 spiro atoms. The van der Waals surface area contributed by atoms with E-state index in [4.69, 9.17) is 14.5 Å². The maximum absolute atomic E-state index is 6.18. The molecule has 164 valence electrons. The molecule has 0 fully saturated rings. The first-order chi connectivity index (χ1) is 15.8. The second kappa shape index (κ2) is 10.7. The summed E-state index contributed by atoms with van der Waals surface area (Å²) in [6, 6.07) is 24.7. The van der Waals surface area contributed by atoms with Crippen LogP contribution in [-0.4, -0.2) is 16.2 Å². The molecule has 3 aromatic carbocycles. The third-order valence-electron chi connectivity index (χ3n) is 5.55. The van der Waals surface area contributed by atoms with E-state index in [1.54, 1.807) is 0 Å². The molecule has 0 bridgehead atoms. The van der Waals surface area contributed by atoms with Gasteiger partial charge in [0.15, 0.2) is 0 Å². The standard InChI is InChI=1S/C28H30N2O2/c1-3-10-23-11-5-8-14-27(23)32-21-28-29-25-12-6-7-13-26(25)30(28)19-9-20-31-24-17-15-22(4-2)16-18-24/h3,5-8,11-18H,1,4,9-10,19-21H2,2H3. The van der Waals surface area contributed by atoms with Crippen molar-refractivity contribution >= 4 is 11.0 Å². The molecular weight excluding hydrogens is 396 g/mol. The van der Waals surface area contributed by atoms with Crippen LogP contribution in [0.4, 0.5) is 0 Å². The molecule has 4 aromatic rings. The Morgan fingerprint density at radius 3 is 2.53 bits per heavy atom. The van der Waals surface area contributed by atoms with Gasteiger partial charge in [0.1, 0.15) is 23.9 Å².